The molecule has 2 heterocycles. The van der Waals surface area contributed by atoms with E-state index in [2.05, 4.69) is 22.1 Å². The van der Waals surface area contributed by atoms with Crippen molar-refractivity contribution in [3.8, 4) is 0 Å². The highest BCUT2D eigenvalue weighted by Gasteiger charge is 2.12. The first-order valence-electron chi connectivity index (χ1n) is 5.43. The van der Waals surface area contributed by atoms with Gasteiger partial charge in [-0.1, -0.05) is 20.8 Å². The Morgan fingerprint density at radius 2 is 2.07 bits per heavy atom. The average Bonchev–Trinajstić information content (AvgIpc) is 2.81. The molecule has 3 nitrogen and oxygen atoms in total. The average molecular weight is 203 g/mol. The lowest BCUT2D eigenvalue weighted by atomic mass is 10.1. The second-order valence-corrected chi connectivity index (χ2v) is 2.98. The Bertz CT molecular complexity index is 352. The summed E-state index contributed by atoms with van der Waals surface area (Å²) in [5.41, 5.74) is 3.26. The first-order valence-corrected chi connectivity index (χ1v) is 5.43. The molecule has 0 saturated carbocycles. The fourth-order valence-electron chi connectivity index (χ4n) is 1.28. The molecule has 2 rings (SSSR count). The van der Waals surface area contributed by atoms with E-state index < -0.39 is 0 Å². The molecule has 0 aromatic carbocycles. The number of aromatic nitrogens is 1. The summed E-state index contributed by atoms with van der Waals surface area (Å²) in [5, 5.41) is 8.21. The van der Waals surface area contributed by atoms with E-state index in [1.54, 1.807) is 6.20 Å². The van der Waals surface area contributed by atoms with E-state index in [9.17, 15) is 0 Å². The van der Waals surface area contributed by atoms with Crippen molar-refractivity contribution in [3.63, 3.8) is 0 Å². The van der Waals surface area contributed by atoms with Gasteiger partial charge in [0.1, 0.15) is 0 Å². The van der Waals surface area contributed by atoms with Crippen LogP contribution in [0.15, 0.2) is 34.7 Å². The van der Waals surface area contributed by atoms with Crippen LogP contribution in [0.1, 0.15) is 39.2 Å². The molecule has 15 heavy (non-hydrogen) atoms. The highest BCUT2D eigenvalue weighted by molar-refractivity contribution is 6.14. The standard InChI is InChI=1S/C10H11N3.C2H6/c1-2-9-6-10(13-12-9)8-4-3-5-11-7-8;1-2/h3-5,7H,2,6H2,1H3;1-2H3. The molecule has 0 fully saturated rings. The van der Waals surface area contributed by atoms with Crippen molar-refractivity contribution in [1.82, 2.24) is 4.98 Å². The Labute approximate surface area is 91.0 Å². The number of hydrogen-bond donors (Lipinski definition) is 0. The molecule has 80 valence electrons. The van der Waals surface area contributed by atoms with Crippen LogP contribution < -0.4 is 0 Å². The van der Waals surface area contributed by atoms with Crippen LogP contribution in [-0.4, -0.2) is 16.4 Å². The number of nitrogens with zero attached hydrogens (tertiary/aromatic N) is 3. The maximum absolute atomic E-state index is 4.12. The van der Waals surface area contributed by atoms with Crippen molar-refractivity contribution in [1.29, 1.82) is 0 Å². The maximum atomic E-state index is 4.12. The van der Waals surface area contributed by atoms with Gasteiger partial charge in [0.25, 0.3) is 0 Å². The van der Waals surface area contributed by atoms with Gasteiger partial charge in [0, 0.05) is 30.1 Å². The van der Waals surface area contributed by atoms with Gasteiger partial charge in [-0.25, -0.2) is 0 Å². The second kappa shape index (κ2) is 6.06. The summed E-state index contributed by atoms with van der Waals surface area (Å²) >= 11 is 0. The van der Waals surface area contributed by atoms with E-state index in [1.165, 1.54) is 0 Å². The van der Waals surface area contributed by atoms with Crippen molar-refractivity contribution >= 4 is 11.4 Å². The molecule has 0 saturated heterocycles. The van der Waals surface area contributed by atoms with Crippen LogP contribution in [0, 0.1) is 0 Å². The van der Waals surface area contributed by atoms with Gasteiger partial charge in [-0.2, -0.15) is 10.2 Å². The Balaban J connectivity index is 0.000000531. The molecule has 0 radical (unpaired) electrons. The van der Waals surface area contributed by atoms with Gasteiger partial charge in [0.15, 0.2) is 0 Å². The monoisotopic (exact) mass is 203 g/mol. The minimum atomic E-state index is 0.877. The molecular formula is C12H17N3. The smallest absolute Gasteiger partial charge is 0.0774 e. The molecule has 0 unspecified atom stereocenters. The first kappa shape index (κ1) is 11.6. The molecule has 1 aromatic rings. The van der Waals surface area contributed by atoms with Gasteiger partial charge in [-0.05, 0) is 18.6 Å². The Morgan fingerprint density at radius 1 is 1.27 bits per heavy atom. The van der Waals surface area contributed by atoms with E-state index in [0.29, 0.717) is 0 Å². The lowest BCUT2D eigenvalue weighted by Gasteiger charge is -1.97. The Kier molecular flexibility index (Phi) is 4.68. The topological polar surface area (TPSA) is 37.6 Å². The van der Waals surface area contributed by atoms with Gasteiger partial charge in [0.05, 0.1) is 5.71 Å². The zero-order valence-corrected chi connectivity index (χ0v) is 9.57. The molecule has 0 aliphatic carbocycles. The van der Waals surface area contributed by atoms with Crippen LogP contribution in [0.25, 0.3) is 0 Å². The van der Waals surface area contributed by atoms with Gasteiger partial charge in [-0.15, -0.1) is 0 Å². The van der Waals surface area contributed by atoms with Crippen LogP contribution in [0.2, 0.25) is 0 Å². The Hall–Kier alpha value is -1.51. The predicted molar refractivity (Wildman–Crippen MR) is 64.5 cm³/mol. The summed E-state index contributed by atoms with van der Waals surface area (Å²) in [6.07, 6.45) is 5.45. The zero-order valence-electron chi connectivity index (χ0n) is 9.57. The summed E-state index contributed by atoms with van der Waals surface area (Å²) in [7, 11) is 0. The largest absolute Gasteiger partial charge is 0.264 e. The quantitative estimate of drug-likeness (QED) is 0.727. The molecule has 0 N–H and O–H groups in total. The second-order valence-electron chi connectivity index (χ2n) is 2.98. The molecule has 0 amide bonds. The van der Waals surface area contributed by atoms with Crippen LogP contribution >= 0.6 is 0 Å². The highest BCUT2D eigenvalue weighted by Crippen LogP contribution is 2.11. The number of rotatable bonds is 2. The van der Waals surface area contributed by atoms with E-state index in [-0.39, 0.29) is 0 Å². The minimum absolute atomic E-state index is 0.877. The SMILES string of the molecule is CC.CCC1=NN=C(c2cccnc2)C1. The van der Waals surface area contributed by atoms with Crippen molar-refractivity contribution < 1.29 is 0 Å². The van der Waals surface area contributed by atoms with Gasteiger partial charge >= 0.3 is 0 Å². The maximum Gasteiger partial charge on any atom is 0.0774 e. The van der Waals surface area contributed by atoms with Crippen LogP contribution in [0.3, 0.4) is 0 Å². The molecule has 3 heteroatoms. The molecule has 1 aromatic heterocycles. The third kappa shape index (κ3) is 2.98. The van der Waals surface area contributed by atoms with Gasteiger partial charge in [0.2, 0.25) is 0 Å². The van der Waals surface area contributed by atoms with Crippen LogP contribution in [0.5, 0.6) is 0 Å². The van der Waals surface area contributed by atoms with Crippen molar-refractivity contribution in [3.05, 3.63) is 30.1 Å². The zero-order chi connectivity index (χ0) is 11.1. The summed E-state index contributed by atoms with van der Waals surface area (Å²) in [6.45, 7) is 6.10. The van der Waals surface area contributed by atoms with Gasteiger partial charge < -0.3 is 0 Å². The van der Waals surface area contributed by atoms with Crippen molar-refractivity contribution in [2.24, 2.45) is 10.2 Å². The third-order valence-electron chi connectivity index (χ3n) is 2.09. The third-order valence-corrected chi connectivity index (χ3v) is 2.09. The van der Waals surface area contributed by atoms with E-state index in [0.717, 1.165) is 29.8 Å². The van der Waals surface area contributed by atoms with Crippen molar-refractivity contribution in [2.45, 2.75) is 33.6 Å². The van der Waals surface area contributed by atoms with E-state index in [4.69, 9.17) is 0 Å². The van der Waals surface area contributed by atoms with Crippen molar-refractivity contribution in [2.75, 3.05) is 0 Å². The number of pyridine rings is 1. The van der Waals surface area contributed by atoms with E-state index >= 15 is 0 Å². The normalized spacial score (nSPS) is 13.8. The predicted octanol–water partition coefficient (Wildman–Crippen LogP) is 3.07. The fourth-order valence-corrected chi connectivity index (χ4v) is 1.28. The fraction of sp³-hybridized carbons (Fsp3) is 0.417. The molecule has 0 atom stereocenters. The molecule has 1 aliphatic rings. The Morgan fingerprint density at radius 3 is 2.60 bits per heavy atom. The summed E-state index contributed by atoms with van der Waals surface area (Å²) in [4.78, 5) is 4.05. The molecule has 1 aliphatic heterocycles. The summed E-state index contributed by atoms with van der Waals surface area (Å²) < 4.78 is 0. The van der Waals surface area contributed by atoms with Crippen LogP contribution in [-0.2, 0) is 0 Å². The first-order chi connectivity index (χ1) is 7.40. The summed E-state index contributed by atoms with van der Waals surface area (Å²) in [5.74, 6) is 0. The van der Waals surface area contributed by atoms with Crippen LogP contribution in [0.4, 0.5) is 0 Å². The molecule has 0 spiro atoms. The minimum Gasteiger partial charge on any atom is -0.264 e. The highest BCUT2D eigenvalue weighted by atomic mass is 15.2. The summed E-state index contributed by atoms with van der Waals surface area (Å²) in [6, 6.07) is 3.93. The van der Waals surface area contributed by atoms with Gasteiger partial charge in [-0.3, -0.25) is 4.98 Å². The lowest BCUT2D eigenvalue weighted by molar-refractivity contribution is 1.19. The van der Waals surface area contributed by atoms with E-state index in [1.807, 2.05) is 32.2 Å². The molecule has 0 bridgehead atoms. The number of hydrogen-bond acceptors (Lipinski definition) is 3. The lowest BCUT2D eigenvalue weighted by Crippen LogP contribution is -2.02. The molecular weight excluding hydrogens is 186 g/mol.